The molecular weight excluding hydrogens is 412 g/mol. The van der Waals surface area contributed by atoms with Crippen molar-refractivity contribution in [2.24, 2.45) is 5.92 Å². The van der Waals surface area contributed by atoms with Gasteiger partial charge in [0.15, 0.2) is 0 Å². The molecule has 2 aliphatic heterocycles. The Labute approximate surface area is 195 Å². The number of benzene rings is 2. The molecule has 0 spiro atoms. The summed E-state index contributed by atoms with van der Waals surface area (Å²) in [6, 6.07) is 14.9. The van der Waals surface area contributed by atoms with Crippen molar-refractivity contribution in [3.8, 4) is 16.9 Å². The number of hydrogen-bond acceptors (Lipinski definition) is 4. The highest BCUT2D eigenvalue weighted by Gasteiger charge is 2.34. The van der Waals surface area contributed by atoms with Gasteiger partial charge in [-0.2, -0.15) is 0 Å². The van der Waals surface area contributed by atoms with Gasteiger partial charge in [-0.1, -0.05) is 18.2 Å². The van der Waals surface area contributed by atoms with E-state index in [2.05, 4.69) is 67.5 Å². The molecular formula is C28H32N2O3. The van der Waals surface area contributed by atoms with Gasteiger partial charge in [0.05, 0.1) is 17.7 Å². The van der Waals surface area contributed by atoms with Crippen molar-refractivity contribution in [2.75, 3.05) is 13.2 Å². The monoisotopic (exact) mass is 444 g/mol. The largest absolute Gasteiger partial charge is 0.487 e. The van der Waals surface area contributed by atoms with Gasteiger partial charge in [0.1, 0.15) is 11.9 Å². The highest BCUT2D eigenvalue weighted by molar-refractivity contribution is 5.86. The van der Waals surface area contributed by atoms with Crippen LogP contribution in [0.5, 0.6) is 5.75 Å². The van der Waals surface area contributed by atoms with E-state index < -0.39 is 0 Å². The fourth-order valence-electron chi connectivity index (χ4n) is 5.13. The Morgan fingerprint density at radius 3 is 2.82 bits per heavy atom. The van der Waals surface area contributed by atoms with Crippen LogP contribution in [0.25, 0.3) is 22.0 Å². The van der Waals surface area contributed by atoms with Crippen LogP contribution in [0, 0.1) is 19.8 Å². The van der Waals surface area contributed by atoms with E-state index in [0.717, 1.165) is 52.7 Å². The first-order chi connectivity index (χ1) is 15.8. The van der Waals surface area contributed by atoms with Crippen molar-refractivity contribution < 1.29 is 14.3 Å². The maximum absolute atomic E-state index is 12.8. The number of carbonyl (C=O) groups excluding carboxylic acids is 1. The third-order valence-electron chi connectivity index (χ3n) is 6.75. The Kier molecular flexibility index (Phi) is 5.61. The predicted octanol–water partition coefficient (Wildman–Crippen LogP) is 5.14. The summed E-state index contributed by atoms with van der Waals surface area (Å²) in [6.45, 7) is 9.40. The average molecular weight is 445 g/mol. The van der Waals surface area contributed by atoms with Crippen LogP contribution < -0.4 is 10.1 Å². The van der Waals surface area contributed by atoms with Crippen LogP contribution >= 0.6 is 0 Å². The number of rotatable bonds is 4. The number of nitrogens with one attached hydrogen (secondary N) is 1. The Hall–Kier alpha value is -2.92. The highest BCUT2D eigenvalue weighted by Crippen LogP contribution is 2.40. The second-order valence-electron chi connectivity index (χ2n) is 10.1. The lowest BCUT2D eigenvalue weighted by atomic mass is 9.88. The van der Waals surface area contributed by atoms with Gasteiger partial charge in [0.2, 0.25) is 5.91 Å². The van der Waals surface area contributed by atoms with Crippen molar-refractivity contribution in [3.63, 3.8) is 0 Å². The minimum Gasteiger partial charge on any atom is -0.487 e. The molecule has 1 aromatic heterocycles. The number of hydrogen-bond donors (Lipinski definition) is 1. The minimum absolute atomic E-state index is 0.00480. The van der Waals surface area contributed by atoms with E-state index in [4.69, 9.17) is 9.47 Å². The molecule has 0 bridgehead atoms. The molecule has 5 heteroatoms. The quantitative estimate of drug-likeness (QED) is 0.605. The number of aryl methyl sites for hydroxylation is 2. The van der Waals surface area contributed by atoms with E-state index in [-0.39, 0.29) is 23.5 Å². The van der Waals surface area contributed by atoms with Crippen LogP contribution in [0.3, 0.4) is 0 Å². The van der Waals surface area contributed by atoms with Gasteiger partial charge in [0.25, 0.3) is 0 Å². The summed E-state index contributed by atoms with van der Waals surface area (Å²) in [7, 11) is 0. The first kappa shape index (κ1) is 21.9. The topological polar surface area (TPSA) is 60.5 Å². The zero-order valence-electron chi connectivity index (χ0n) is 19.9. The van der Waals surface area contributed by atoms with Crippen LogP contribution in [0.4, 0.5) is 0 Å². The number of pyridine rings is 1. The summed E-state index contributed by atoms with van der Waals surface area (Å²) in [5, 5.41) is 4.26. The van der Waals surface area contributed by atoms with Gasteiger partial charge >= 0.3 is 0 Å². The Morgan fingerprint density at radius 1 is 1.15 bits per heavy atom. The van der Waals surface area contributed by atoms with Gasteiger partial charge in [0, 0.05) is 35.6 Å². The highest BCUT2D eigenvalue weighted by atomic mass is 16.5. The lowest BCUT2D eigenvalue weighted by Gasteiger charge is -2.34. The SMILES string of the molecule is Cc1cc2c(c(-c3ccc4nc(C)ccc4c3)c1)O[C@@H](CNC(=O)[C@@H]1CCOC(C)(C)C1)C2. The van der Waals surface area contributed by atoms with Crippen molar-refractivity contribution in [3.05, 3.63) is 59.3 Å². The second kappa shape index (κ2) is 8.45. The molecule has 33 heavy (non-hydrogen) atoms. The van der Waals surface area contributed by atoms with E-state index in [1.165, 1.54) is 11.1 Å². The number of carbonyl (C=O) groups is 1. The third-order valence-corrected chi connectivity index (χ3v) is 6.75. The molecule has 1 saturated heterocycles. The van der Waals surface area contributed by atoms with Gasteiger partial charge in [-0.15, -0.1) is 0 Å². The molecule has 0 unspecified atom stereocenters. The summed E-state index contributed by atoms with van der Waals surface area (Å²) < 4.78 is 12.2. The fourth-order valence-corrected chi connectivity index (χ4v) is 5.13. The third kappa shape index (κ3) is 4.60. The molecule has 0 radical (unpaired) electrons. The number of fused-ring (bicyclic) bond motifs is 2. The summed E-state index contributed by atoms with van der Waals surface area (Å²) in [4.78, 5) is 17.4. The van der Waals surface area contributed by atoms with E-state index in [9.17, 15) is 4.79 Å². The number of amides is 1. The Morgan fingerprint density at radius 2 is 2.00 bits per heavy atom. The standard InChI is InChI=1S/C28H32N2O3/c1-17-11-22-14-23(16-29-27(31)21-9-10-32-28(3,4)15-21)33-26(22)24(12-17)19-7-8-25-20(13-19)6-5-18(2)30-25/h5-8,11-13,21,23H,9-10,14-16H2,1-4H3,(H,29,31)/t21-,23-/m1/s1. The number of ether oxygens (including phenoxy) is 2. The van der Waals surface area contributed by atoms with Gasteiger partial charge < -0.3 is 14.8 Å². The summed E-state index contributed by atoms with van der Waals surface area (Å²) in [6.07, 6.45) is 2.28. The fraction of sp³-hybridized carbons (Fsp3) is 0.429. The van der Waals surface area contributed by atoms with E-state index in [1.54, 1.807) is 0 Å². The number of nitrogens with zero attached hydrogens (tertiary/aromatic N) is 1. The average Bonchev–Trinajstić information content (AvgIpc) is 3.18. The number of aromatic nitrogens is 1. The molecule has 1 amide bonds. The molecule has 3 heterocycles. The van der Waals surface area contributed by atoms with Crippen molar-refractivity contribution in [1.82, 2.24) is 10.3 Å². The lowest BCUT2D eigenvalue weighted by molar-refractivity contribution is -0.135. The molecule has 0 aliphatic carbocycles. The van der Waals surface area contributed by atoms with Gasteiger partial charge in [-0.25, -0.2) is 0 Å². The molecule has 5 rings (SSSR count). The Bertz CT molecular complexity index is 1220. The van der Waals surface area contributed by atoms with Crippen LogP contribution in [-0.2, 0) is 16.0 Å². The Balaban J connectivity index is 1.32. The maximum Gasteiger partial charge on any atom is 0.223 e. The van der Waals surface area contributed by atoms with E-state index in [0.29, 0.717) is 13.2 Å². The molecule has 2 aliphatic rings. The first-order valence-corrected chi connectivity index (χ1v) is 11.9. The van der Waals surface area contributed by atoms with Crippen LogP contribution in [0.15, 0.2) is 42.5 Å². The van der Waals surface area contributed by atoms with Crippen LogP contribution in [0.2, 0.25) is 0 Å². The predicted molar refractivity (Wildman–Crippen MR) is 131 cm³/mol. The molecule has 2 aromatic carbocycles. The zero-order chi connectivity index (χ0) is 23.2. The van der Waals surface area contributed by atoms with Crippen molar-refractivity contribution in [1.29, 1.82) is 0 Å². The normalized spacial score (nSPS) is 21.5. The molecule has 0 saturated carbocycles. The summed E-state index contributed by atoms with van der Waals surface area (Å²) >= 11 is 0. The zero-order valence-corrected chi connectivity index (χ0v) is 19.9. The second-order valence-corrected chi connectivity index (χ2v) is 10.1. The van der Waals surface area contributed by atoms with Gasteiger partial charge in [-0.05, 0) is 81.5 Å². The molecule has 1 fully saturated rings. The molecule has 3 aromatic rings. The lowest BCUT2D eigenvalue weighted by Crippen LogP contribution is -2.43. The summed E-state index contributed by atoms with van der Waals surface area (Å²) in [5.41, 5.74) is 6.43. The molecule has 5 nitrogen and oxygen atoms in total. The molecule has 1 N–H and O–H groups in total. The van der Waals surface area contributed by atoms with Crippen LogP contribution in [0.1, 0.15) is 43.5 Å². The molecule has 2 atom stereocenters. The van der Waals surface area contributed by atoms with E-state index >= 15 is 0 Å². The van der Waals surface area contributed by atoms with Crippen molar-refractivity contribution >= 4 is 16.8 Å². The molecule has 172 valence electrons. The summed E-state index contributed by atoms with van der Waals surface area (Å²) in [5.74, 6) is 1.05. The van der Waals surface area contributed by atoms with Crippen molar-refractivity contribution in [2.45, 2.75) is 58.7 Å². The van der Waals surface area contributed by atoms with E-state index in [1.807, 2.05) is 13.0 Å². The minimum atomic E-state index is -0.235. The van der Waals surface area contributed by atoms with Gasteiger partial charge in [-0.3, -0.25) is 9.78 Å². The first-order valence-electron chi connectivity index (χ1n) is 11.9. The maximum atomic E-state index is 12.8. The van der Waals surface area contributed by atoms with Crippen LogP contribution in [-0.4, -0.2) is 35.7 Å². The smallest absolute Gasteiger partial charge is 0.223 e.